The van der Waals surface area contributed by atoms with E-state index >= 15 is 0 Å². The number of hydrogen-bond donors (Lipinski definition) is 2. The summed E-state index contributed by atoms with van der Waals surface area (Å²) in [4.78, 5) is 0.281. The third-order valence-electron chi connectivity index (χ3n) is 6.29. The van der Waals surface area contributed by atoms with Crippen LogP contribution in [0.2, 0.25) is 0 Å². The number of sulfonamides is 1. The largest absolute Gasteiger partial charge is 0.390 e. The Morgan fingerprint density at radius 1 is 1.03 bits per heavy atom. The van der Waals surface area contributed by atoms with Crippen LogP contribution >= 0.6 is 0 Å². The lowest BCUT2D eigenvalue weighted by atomic mass is 9.93. The van der Waals surface area contributed by atoms with Crippen molar-refractivity contribution in [3.05, 3.63) is 78.4 Å². The molecule has 1 aliphatic rings. The van der Waals surface area contributed by atoms with Gasteiger partial charge in [-0.15, -0.1) is 0 Å². The van der Waals surface area contributed by atoms with Gasteiger partial charge < -0.3 is 10.4 Å². The molecular formula is C26H32N2O3S. The Morgan fingerprint density at radius 2 is 1.72 bits per heavy atom. The van der Waals surface area contributed by atoms with Crippen molar-refractivity contribution in [2.75, 3.05) is 13.1 Å². The molecular weight excluding hydrogens is 420 g/mol. The fourth-order valence-electron chi connectivity index (χ4n) is 4.62. The molecule has 1 heterocycles. The number of rotatable bonds is 8. The first-order valence-electron chi connectivity index (χ1n) is 11.2. The summed E-state index contributed by atoms with van der Waals surface area (Å²) in [5.74, 6) is 0. The molecule has 0 aliphatic carbocycles. The molecule has 5 nitrogen and oxygen atoms in total. The van der Waals surface area contributed by atoms with Crippen LogP contribution in [0.1, 0.15) is 32.3 Å². The fourth-order valence-corrected chi connectivity index (χ4v) is 6.36. The smallest absolute Gasteiger partial charge is 0.243 e. The lowest BCUT2D eigenvalue weighted by Gasteiger charge is -2.32. The maximum atomic E-state index is 13.1. The predicted molar refractivity (Wildman–Crippen MR) is 129 cm³/mol. The Bertz CT molecular complexity index is 1160. The second-order valence-corrected chi connectivity index (χ2v) is 11.2. The summed E-state index contributed by atoms with van der Waals surface area (Å²) in [7, 11) is -3.61. The topological polar surface area (TPSA) is 69.6 Å². The Hall–Kier alpha value is -2.25. The molecule has 2 atom stereocenters. The summed E-state index contributed by atoms with van der Waals surface area (Å²) in [6.45, 7) is 5.01. The molecule has 32 heavy (non-hydrogen) atoms. The first-order chi connectivity index (χ1) is 15.3. The zero-order valence-electron chi connectivity index (χ0n) is 18.7. The third kappa shape index (κ3) is 5.04. The van der Waals surface area contributed by atoms with Gasteiger partial charge in [0.25, 0.3) is 0 Å². The lowest BCUT2D eigenvalue weighted by molar-refractivity contribution is 0.0972. The normalized spacial score (nSPS) is 18.8. The zero-order valence-corrected chi connectivity index (χ0v) is 19.6. The minimum Gasteiger partial charge on any atom is -0.390 e. The van der Waals surface area contributed by atoms with E-state index in [0.29, 0.717) is 19.5 Å². The third-order valence-corrected chi connectivity index (χ3v) is 8.23. The van der Waals surface area contributed by atoms with Crippen LogP contribution in [0, 0.1) is 0 Å². The first kappa shape index (κ1) is 22.9. The van der Waals surface area contributed by atoms with E-state index in [0.717, 1.165) is 12.8 Å². The Labute approximate surface area is 191 Å². The number of nitrogens with zero attached hydrogens (tertiary/aromatic N) is 1. The van der Waals surface area contributed by atoms with Crippen molar-refractivity contribution >= 4 is 20.8 Å². The van der Waals surface area contributed by atoms with E-state index in [9.17, 15) is 13.5 Å². The highest BCUT2D eigenvalue weighted by atomic mass is 32.2. The van der Waals surface area contributed by atoms with Crippen molar-refractivity contribution in [1.82, 2.24) is 9.62 Å². The zero-order chi connectivity index (χ0) is 22.8. The van der Waals surface area contributed by atoms with E-state index in [1.54, 1.807) is 30.3 Å². The van der Waals surface area contributed by atoms with Crippen LogP contribution in [0.15, 0.2) is 77.7 Å². The first-order valence-corrected chi connectivity index (χ1v) is 12.7. The molecule has 0 amide bonds. The SMILES string of the molecule is CC(C)(Cc1ccc2ccccc2c1)NCC(O)C1CCCN1S(=O)(=O)c1ccccc1. The lowest BCUT2D eigenvalue weighted by Crippen LogP contribution is -2.51. The van der Waals surface area contributed by atoms with Crippen molar-refractivity contribution in [2.45, 2.75) is 55.7 Å². The number of benzene rings is 3. The second-order valence-electron chi connectivity index (χ2n) is 9.33. The Morgan fingerprint density at radius 3 is 2.47 bits per heavy atom. The molecule has 1 saturated heterocycles. The maximum absolute atomic E-state index is 13.1. The average molecular weight is 453 g/mol. The summed E-state index contributed by atoms with van der Waals surface area (Å²) in [6, 6.07) is 22.9. The molecule has 170 valence electrons. The van der Waals surface area contributed by atoms with Gasteiger partial charge in [-0.3, -0.25) is 0 Å². The standard InChI is InChI=1S/C26H32N2O3S/c1-26(2,18-20-14-15-21-9-6-7-10-22(21)17-20)27-19-25(29)24-13-8-16-28(24)32(30,31)23-11-4-3-5-12-23/h3-7,9-12,14-15,17,24-25,27,29H,8,13,16,18-19H2,1-2H3. The number of aliphatic hydroxyl groups excluding tert-OH is 1. The van der Waals surface area contributed by atoms with Crippen LogP contribution in [-0.4, -0.2) is 48.6 Å². The van der Waals surface area contributed by atoms with E-state index in [-0.39, 0.29) is 10.4 Å². The van der Waals surface area contributed by atoms with Crippen LogP contribution < -0.4 is 5.32 Å². The van der Waals surface area contributed by atoms with Gasteiger partial charge in [0.2, 0.25) is 10.0 Å². The Balaban J connectivity index is 1.40. The minimum absolute atomic E-state index is 0.245. The van der Waals surface area contributed by atoms with Crippen LogP contribution in [0.3, 0.4) is 0 Å². The maximum Gasteiger partial charge on any atom is 0.243 e. The average Bonchev–Trinajstić information content (AvgIpc) is 3.29. The monoisotopic (exact) mass is 452 g/mol. The quantitative estimate of drug-likeness (QED) is 0.543. The summed E-state index contributed by atoms with van der Waals surface area (Å²) in [6.07, 6.45) is 1.46. The van der Waals surface area contributed by atoms with Crippen molar-refractivity contribution in [1.29, 1.82) is 0 Å². The molecule has 3 aromatic carbocycles. The number of nitrogens with one attached hydrogen (secondary N) is 1. The van der Waals surface area contributed by atoms with Crippen molar-refractivity contribution in [3.8, 4) is 0 Å². The molecule has 0 radical (unpaired) electrons. The van der Waals surface area contributed by atoms with Crippen LogP contribution in [0.25, 0.3) is 10.8 Å². The molecule has 3 aromatic rings. The molecule has 2 unspecified atom stereocenters. The minimum atomic E-state index is -3.61. The van der Waals surface area contributed by atoms with Gasteiger partial charge in [0, 0.05) is 18.6 Å². The van der Waals surface area contributed by atoms with E-state index < -0.39 is 22.2 Å². The number of hydrogen-bond acceptors (Lipinski definition) is 4. The van der Waals surface area contributed by atoms with Gasteiger partial charge >= 0.3 is 0 Å². The van der Waals surface area contributed by atoms with Crippen molar-refractivity contribution in [3.63, 3.8) is 0 Å². The van der Waals surface area contributed by atoms with Crippen molar-refractivity contribution in [2.24, 2.45) is 0 Å². The fraction of sp³-hybridized carbons (Fsp3) is 0.385. The summed E-state index contributed by atoms with van der Waals surface area (Å²) in [5.41, 5.74) is 0.982. The molecule has 6 heteroatoms. The highest BCUT2D eigenvalue weighted by Crippen LogP contribution is 2.28. The van der Waals surface area contributed by atoms with Crippen LogP contribution in [-0.2, 0) is 16.4 Å². The van der Waals surface area contributed by atoms with E-state index in [1.165, 1.54) is 20.6 Å². The number of aliphatic hydroxyl groups is 1. The Kier molecular flexibility index (Phi) is 6.67. The molecule has 1 aliphatic heterocycles. The molecule has 4 rings (SSSR count). The molecule has 1 fully saturated rings. The highest BCUT2D eigenvalue weighted by molar-refractivity contribution is 7.89. The van der Waals surface area contributed by atoms with Gasteiger partial charge in [0.15, 0.2) is 0 Å². The van der Waals surface area contributed by atoms with Gasteiger partial charge in [0.05, 0.1) is 17.0 Å². The van der Waals surface area contributed by atoms with Gasteiger partial charge in [-0.25, -0.2) is 8.42 Å². The van der Waals surface area contributed by atoms with Crippen LogP contribution in [0.5, 0.6) is 0 Å². The van der Waals surface area contributed by atoms with Crippen LogP contribution in [0.4, 0.5) is 0 Å². The van der Waals surface area contributed by atoms with E-state index in [4.69, 9.17) is 0 Å². The van der Waals surface area contributed by atoms with E-state index in [1.807, 2.05) is 12.1 Å². The van der Waals surface area contributed by atoms with E-state index in [2.05, 4.69) is 49.5 Å². The van der Waals surface area contributed by atoms with Gasteiger partial charge in [-0.2, -0.15) is 4.31 Å². The molecule has 0 bridgehead atoms. The molecule has 0 spiro atoms. The predicted octanol–water partition coefficient (Wildman–Crippen LogP) is 3.96. The van der Waals surface area contributed by atoms with Gasteiger partial charge in [0.1, 0.15) is 0 Å². The highest BCUT2D eigenvalue weighted by Gasteiger charge is 2.39. The summed E-state index contributed by atoms with van der Waals surface area (Å²) >= 11 is 0. The number of fused-ring (bicyclic) bond motifs is 1. The summed E-state index contributed by atoms with van der Waals surface area (Å²) in [5, 5.41) is 16.8. The second kappa shape index (κ2) is 9.32. The number of β-amino-alcohol motifs (C(OH)–C–C–N with tert-alkyl or cyclic N) is 1. The molecule has 2 N–H and O–H groups in total. The molecule has 0 saturated carbocycles. The molecule has 0 aromatic heterocycles. The van der Waals surface area contributed by atoms with Gasteiger partial charge in [-0.05, 0) is 61.6 Å². The summed E-state index contributed by atoms with van der Waals surface area (Å²) < 4.78 is 27.7. The van der Waals surface area contributed by atoms with Crippen molar-refractivity contribution < 1.29 is 13.5 Å². The van der Waals surface area contributed by atoms with Gasteiger partial charge in [-0.1, -0.05) is 60.7 Å².